The van der Waals surface area contributed by atoms with Gasteiger partial charge in [-0.3, -0.25) is 15.6 Å². The third kappa shape index (κ3) is 7.66. The van der Waals surface area contributed by atoms with Gasteiger partial charge in [-0.2, -0.15) is 0 Å². The van der Waals surface area contributed by atoms with Crippen molar-refractivity contribution >= 4 is 35.0 Å². The Morgan fingerprint density at radius 1 is 1.18 bits per heavy atom. The third-order valence-corrected chi connectivity index (χ3v) is 4.08. The van der Waals surface area contributed by atoms with E-state index in [1.807, 2.05) is 20.8 Å². The van der Waals surface area contributed by atoms with Crippen LogP contribution in [0.1, 0.15) is 38.3 Å². The number of rotatable bonds is 4. The minimum absolute atomic E-state index is 0.0746. The molecular weight excluding hydrogens is 314 g/mol. The minimum atomic E-state index is -0.131. The monoisotopic (exact) mass is 339 g/mol. The minimum Gasteiger partial charge on any atom is -0.357 e. The molecule has 1 aromatic carbocycles. The van der Waals surface area contributed by atoms with Gasteiger partial charge in [0.2, 0.25) is 5.91 Å². The molecule has 22 heavy (non-hydrogen) atoms. The van der Waals surface area contributed by atoms with Crippen molar-refractivity contribution in [2.75, 3.05) is 5.75 Å². The molecule has 4 nitrogen and oxygen atoms in total. The first-order chi connectivity index (χ1) is 10.2. The average Bonchev–Trinajstić information content (AvgIpc) is 2.38. The van der Waals surface area contributed by atoms with E-state index >= 15 is 0 Å². The van der Waals surface area contributed by atoms with Gasteiger partial charge in [-0.15, -0.1) is 11.8 Å². The fraction of sp³-hybridized carbons (Fsp3) is 0.500. The molecule has 0 aliphatic carbocycles. The maximum atomic E-state index is 11.8. The highest BCUT2D eigenvalue weighted by molar-refractivity contribution is 7.99. The van der Waals surface area contributed by atoms with E-state index < -0.39 is 0 Å². The zero-order valence-electron chi connectivity index (χ0n) is 13.9. The highest BCUT2D eigenvalue weighted by atomic mass is 32.2. The smallest absolute Gasteiger partial charge is 0.239 e. The summed E-state index contributed by atoms with van der Waals surface area (Å²) in [5, 5.41) is 3.49. The number of amides is 1. The van der Waals surface area contributed by atoms with Gasteiger partial charge in [0.15, 0.2) is 5.11 Å². The number of hydrogen-bond donors (Lipinski definition) is 3. The molecule has 0 heterocycles. The second kappa shape index (κ2) is 8.39. The molecule has 0 saturated heterocycles. The lowest BCUT2D eigenvalue weighted by molar-refractivity contribution is -0.121. The summed E-state index contributed by atoms with van der Waals surface area (Å²) in [6, 6.07) is 6.35. The first kappa shape index (κ1) is 18.8. The van der Waals surface area contributed by atoms with Crippen LogP contribution < -0.4 is 16.2 Å². The summed E-state index contributed by atoms with van der Waals surface area (Å²) in [6.07, 6.45) is 0.433. The van der Waals surface area contributed by atoms with Crippen molar-refractivity contribution in [3.63, 3.8) is 0 Å². The van der Waals surface area contributed by atoms with Crippen LogP contribution in [0.15, 0.2) is 23.1 Å². The molecule has 0 unspecified atom stereocenters. The van der Waals surface area contributed by atoms with Crippen LogP contribution in [-0.2, 0) is 4.79 Å². The Morgan fingerprint density at radius 3 is 2.45 bits per heavy atom. The molecule has 0 atom stereocenters. The van der Waals surface area contributed by atoms with Crippen molar-refractivity contribution in [1.82, 2.24) is 16.2 Å². The number of hydrogen-bond acceptors (Lipinski definition) is 3. The lowest BCUT2D eigenvalue weighted by Gasteiger charge is -2.23. The molecular formula is C16H25N3OS2. The highest BCUT2D eigenvalue weighted by Gasteiger charge is 2.11. The zero-order chi connectivity index (χ0) is 16.8. The fourth-order valence-corrected chi connectivity index (χ4v) is 2.93. The third-order valence-electron chi connectivity index (χ3n) is 2.88. The van der Waals surface area contributed by atoms with Crippen molar-refractivity contribution in [2.24, 2.45) is 0 Å². The van der Waals surface area contributed by atoms with Gasteiger partial charge in [0, 0.05) is 22.6 Å². The molecule has 1 amide bonds. The SMILES string of the molecule is Cc1ccc(SCCC(=O)NNC(=S)NC(C)(C)C)cc1C. The number of thiocarbonyl (C=S) groups is 1. The molecule has 0 radical (unpaired) electrons. The van der Waals surface area contributed by atoms with E-state index in [4.69, 9.17) is 12.2 Å². The molecule has 1 rings (SSSR count). The van der Waals surface area contributed by atoms with E-state index in [0.717, 1.165) is 5.75 Å². The van der Waals surface area contributed by atoms with Crippen LogP contribution in [0.25, 0.3) is 0 Å². The zero-order valence-corrected chi connectivity index (χ0v) is 15.5. The molecule has 6 heteroatoms. The molecule has 0 bridgehead atoms. The van der Waals surface area contributed by atoms with Crippen molar-refractivity contribution in [1.29, 1.82) is 0 Å². The Bertz CT molecular complexity index is 539. The van der Waals surface area contributed by atoms with Crippen molar-refractivity contribution in [2.45, 2.75) is 51.5 Å². The van der Waals surface area contributed by atoms with Crippen LogP contribution in [0.4, 0.5) is 0 Å². The topological polar surface area (TPSA) is 53.2 Å². The van der Waals surface area contributed by atoms with E-state index in [0.29, 0.717) is 11.5 Å². The average molecular weight is 340 g/mol. The molecule has 122 valence electrons. The van der Waals surface area contributed by atoms with Gasteiger partial charge < -0.3 is 5.32 Å². The Hall–Kier alpha value is -1.27. The van der Waals surface area contributed by atoms with Gasteiger partial charge >= 0.3 is 0 Å². The van der Waals surface area contributed by atoms with Crippen LogP contribution in [0, 0.1) is 13.8 Å². The first-order valence-corrected chi connectivity index (χ1v) is 8.64. The summed E-state index contributed by atoms with van der Waals surface area (Å²) in [7, 11) is 0. The quantitative estimate of drug-likeness (QED) is 0.447. The number of hydrazine groups is 1. The largest absolute Gasteiger partial charge is 0.357 e. The number of aryl methyl sites for hydroxylation is 2. The summed E-state index contributed by atoms with van der Waals surface area (Å²) in [5.74, 6) is 0.657. The van der Waals surface area contributed by atoms with Crippen molar-refractivity contribution in [3.8, 4) is 0 Å². The maximum absolute atomic E-state index is 11.8. The lowest BCUT2D eigenvalue weighted by Crippen LogP contribution is -2.52. The summed E-state index contributed by atoms with van der Waals surface area (Å²) in [6.45, 7) is 10.2. The van der Waals surface area contributed by atoms with Crippen LogP contribution in [0.3, 0.4) is 0 Å². The van der Waals surface area contributed by atoms with Gasteiger partial charge in [0.05, 0.1) is 0 Å². The standard InChI is InChI=1S/C16H25N3OS2/c1-11-6-7-13(10-12(11)2)22-9-8-14(20)18-19-15(21)17-16(3,4)5/h6-7,10H,8-9H2,1-5H3,(H,18,20)(H2,17,19,21). The highest BCUT2D eigenvalue weighted by Crippen LogP contribution is 2.21. The second-order valence-electron chi connectivity index (χ2n) is 6.22. The molecule has 1 aromatic rings. The predicted octanol–water partition coefficient (Wildman–Crippen LogP) is 3.08. The van der Waals surface area contributed by atoms with E-state index in [2.05, 4.69) is 48.2 Å². The van der Waals surface area contributed by atoms with Gasteiger partial charge in [0.1, 0.15) is 0 Å². The van der Waals surface area contributed by atoms with Crippen molar-refractivity contribution in [3.05, 3.63) is 29.3 Å². The van der Waals surface area contributed by atoms with Crippen LogP contribution >= 0.6 is 24.0 Å². The molecule has 3 N–H and O–H groups in total. The number of carbonyl (C=O) groups is 1. The summed E-state index contributed by atoms with van der Waals surface area (Å²) in [4.78, 5) is 12.9. The molecule has 0 saturated carbocycles. The van der Waals surface area contributed by atoms with Gasteiger partial charge in [0.25, 0.3) is 0 Å². The lowest BCUT2D eigenvalue weighted by atomic mass is 10.1. The first-order valence-electron chi connectivity index (χ1n) is 7.24. The Morgan fingerprint density at radius 2 is 1.86 bits per heavy atom. The molecule has 0 spiro atoms. The van der Waals surface area contributed by atoms with Gasteiger partial charge in [-0.05, 0) is 70.1 Å². The van der Waals surface area contributed by atoms with E-state index in [1.54, 1.807) is 11.8 Å². The van der Waals surface area contributed by atoms with E-state index in [-0.39, 0.29) is 11.4 Å². The molecule has 0 aliphatic rings. The van der Waals surface area contributed by atoms with E-state index in [9.17, 15) is 4.79 Å². The molecule has 0 aliphatic heterocycles. The Balaban J connectivity index is 2.26. The fourth-order valence-electron chi connectivity index (χ4n) is 1.63. The number of carbonyl (C=O) groups excluding carboxylic acids is 1. The summed E-state index contributed by atoms with van der Waals surface area (Å²) in [5.41, 5.74) is 7.75. The Kier molecular flexibility index (Phi) is 7.16. The predicted molar refractivity (Wildman–Crippen MR) is 98.0 cm³/mol. The molecule has 0 aromatic heterocycles. The van der Waals surface area contributed by atoms with Crippen molar-refractivity contribution < 1.29 is 4.79 Å². The van der Waals surface area contributed by atoms with E-state index in [1.165, 1.54) is 16.0 Å². The molecule has 0 fully saturated rings. The summed E-state index contributed by atoms with van der Waals surface area (Å²) < 4.78 is 0. The summed E-state index contributed by atoms with van der Waals surface area (Å²) >= 11 is 6.77. The van der Waals surface area contributed by atoms with Crippen LogP contribution in [0.2, 0.25) is 0 Å². The number of thioether (sulfide) groups is 1. The second-order valence-corrected chi connectivity index (χ2v) is 7.80. The van der Waals surface area contributed by atoms with Crippen LogP contribution in [0.5, 0.6) is 0 Å². The van der Waals surface area contributed by atoms with Gasteiger partial charge in [-0.1, -0.05) is 6.07 Å². The maximum Gasteiger partial charge on any atom is 0.239 e. The van der Waals surface area contributed by atoms with Gasteiger partial charge in [-0.25, -0.2) is 0 Å². The number of nitrogens with one attached hydrogen (secondary N) is 3. The van der Waals surface area contributed by atoms with Crippen LogP contribution in [-0.4, -0.2) is 22.3 Å². The number of benzene rings is 1. The normalized spacial score (nSPS) is 11.0. The Labute approximate surface area is 142 Å².